The Morgan fingerprint density at radius 1 is 1.45 bits per heavy atom. The maximum Gasteiger partial charge on any atom is 0.231 e. The molecular formula is C15H24N4O2S. The fourth-order valence-electron chi connectivity index (χ4n) is 1.88. The van der Waals surface area contributed by atoms with Crippen molar-refractivity contribution in [2.24, 2.45) is 17.1 Å². The lowest BCUT2D eigenvalue weighted by molar-refractivity contribution is -0.123. The van der Waals surface area contributed by atoms with Gasteiger partial charge in [-0.25, -0.2) is 4.98 Å². The van der Waals surface area contributed by atoms with Crippen LogP contribution in [0.1, 0.15) is 39.3 Å². The van der Waals surface area contributed by atoms with Crippen molar-refractivity contribution in [3.05, 3.63) is 11.1 Å². The van der Waals surface area contributed by atoms with Gasteiger partial charge in [0.2, 0.25) is 11.8 Å². The second-order valence-electron chi connectivity index (χ2n) is 6.83. The molecule has 1 aromatic heterocycles. The highest BCUT2D eigenvalue weighted by molar-refractivity contribution is 7.13. The van der Waals surface area contributed by atoms with E-state index < -0.39 is 5.41 Å². The zero-order valence-corrected chi connectivity index (χ0v) is 14.1. The maximum atomic E-state index is 11.9. The monoisotopic (exact) mass is 324 g/mol. The molecule has 2 rings (SSSR count). The highest BCUT2D eigenvalue weighted by Gasteiger charge is 2.28. The minimum Gasteiger partial charge on any atom is -0.354 e. The predicted octanol–water partition coefficient (Wildman–Crippen LogP) is 1.52. The van der Waals surface area contributed by atoms with Gasteiger partial charge in [0.15, 0.2) is 5.13 Å². The van der Waals surface area contributed by atoms with Gasteiger partial charge in [-0.05, 0) is 18.8 Å². The average Bonchev–Trinajstić information content (AvgIpc) is 3.18. The molecule has 22 heavy (non-hydrogen) atoms. The SMILES string of the molecule is CC(C)(C)C(=O)Nc1nc(CC(=O)NCC(N)C2CC2)cs1. The molecule has 6 nitrogen and oxygen atoms in total. The first kappa shape index (κ1) is 16.9. The van der Waals surface area contributed by atoms with Crippen LogP contribution in [-0.2, 0) is 16.0 Å². The van der Waals surface area contributed by atoms with Gasteiger partial charge in [-0.2, -0.15) is 0 Å². The summed E-state index contributed by atoms with van der Waals surface area (Å²) in [5.41, 5.74) is 6.13. The minimum absolute atomic E-state index is 0.0565. The Balaban J connectivity index is 1.78. The third kappa shape index (κ3) is 5.06. The number of carbonyl (C=O) groups excluding carboxylic acids is 2. The van der Waals surface area contributed by atoms with E-state index in [4.69, 9.17) is 5.73 Å². The standard InChI is InChI=1S/C15H24N4O2S/c1-15(2,3)13(21)19-14-18-10(8-22-14)6-12(20)17-7-11(16)9-4-5-9/h8-9,11H,4-7,16H2,1-3H3,(H,17,20)(H,18,19,21). The highest BCUT2D eigenvalue weighted by atomic mass is 32.1. The largest absolute Gasteiger partial charge is 0.354 e. The molecule has 1 heterocycles. The first-order valence-corrected chi connectivity index (χ1v) is 8.42. The maximum absolute atomic E-state index is 11.9. The Morgan fingerprint density at radius 3 is 2.73 bits per heavy atom. The number of hydrogen-bond acceptors (Lipinski definition) is 5. The Bertz CT molecular complexity index is 546. The second-order valence-corrected chi connectivity index (χ2v) is 7.69. The van der Waals surface area contributed by atoms with Gasteiger partial charge in [-0.3, -0.25) is 9.59 Å². The molecule has 1 atom stereocenters. The number of anilines is 1. The second kappa shape index (κ2) is 6.75. The zero-order valence-electron chi connectivity index (χ0n) is 13.3. The van der Waals surface area contributed by atoms with E-state index in [1.165, 1.54) is 24.2 Å². The van der Waals surface area contributed by atoms with Gasteiger partial charge in [0.1, 0.15) is 0 Å². The predicted molar refractivity (Wildman–Crippen MR) is 87.6 cm³/mol. The number of thiazole rings is 1. The lowest BCUT2D eigenvalue weighted by Gasteiger charge is -2.15. The van der Waals surface area contributed by atoms with Crippen molar-refractivity contribution in [2.45, 2.75) is 46.1 Å². The number of carbonyl (C=O) groups is 2. The number of nitrogens with zero attached hydrogens (tertiary/aromatic N) is 1. The summed E-state index contributed by atoms with van der Waals surface area (Å²) in [6, 6.07) is 0.0565. The number of rotatable bonds is 6. The van der Waals surface area contributed by atoms with Crippen molar-refractivity contribution in [2.75, 3.05) is 11.9 Å². The first-order valence-electron chi connectivity index (χ1n) is 7.54. The van der Waals surface area contributed by atoms with Gasteiger partial charge in [0.25, 0.3) is 0 Å². The first-order chi connectivity index (χ1) is 10.3. The van der Waals surface area contributed by atoms with Crippen LogP contribution in [0, 0.1) is 11.3 Å². The third-order valence-electron chi connectivity index (χ3n) is 3.56. The van der Waals surface area contributed by atoms with Gasteiger partial charge < -0.3 is 16.4 Å². The molecular weight excluding hydrogens is 300 g/mol. The topological polar surface area (TPSA) is 97.1 Å². The van der Waals surface area contributed by atoms with Crippen LogP contribution in [0.5, 0.6) is 0 Å². The summed E-state index contributed by atoms with van der Waals surface area (Å²) < 4.78 is 0. The van der Waals surface area contributed by atoms with E-state index in [9.17, 15) is 9.59 Å². The van der Waals surface area contributed by atoms with Crippen molar-refractivity contribution in [1.82, 2.24) is 10.3 Å². The average molecular weight is 324 g/mol. The summed E-state index contributed by atoms with van der Waals surface area (Å²) in [5.74, 6) is 0.391. The van der Waals surface area contributed by atoms with Gasteiger partial charge in [0.05, 0.1) is 12.1 Å². The van der Waals surface area contributed by atoms with Crippen LogP contribution in [0.15, 0.2) is 5.38 Å². The summed E-state index contributed by atoms with van der Waals surface area (Å²) in [6.45, 7) is 6.04. The van der Waals surface area contributed by atoms with Gasteiger partial charge in [-0.1, -0.05) is 20.8 Å². The molecule has 0 radical (unpaired) electrons. The molecule has 4 N–H and O–H groups in total. The molecule has 1 aromatic rings. The quantitative estimate of drug-likeness (QED) is 0.739. The van der Waals surface area contributed by atoms with E-state index in [1.54, 1.807) is 5.38 Å². The van der Waals surface area contributed by atoms with Crippen molar-refractivity contribution in [3.63, 3.8) is 0 Å². The Morgan fingerprint density at radius 2 is 2.14 bits per heavy atom. The van der Waals surface area contributed by atoms with Crippen LogP contribution < -0.4 is 16.4 Å². The smallest absolute Gasteiger partial charge is 0.231 e. The number of aromatic nitrogens is 1. The normalized spacial score (nSPS) is 16.2. The van der Waals surface area contributed by atoms with Crippen LogP contribution in [-0.4, -0.2) is 29.4 Å². The molecule has 0 aliphatic heterocycles. The Kier molecular flexibility index (Phi) is 5.18. The minimum atomic E-state index is -0.470. The van der Waals surface area contributed by atoms with Gasteiger partial charge in [0, 0.05) is 23.4 Å². The van der Waals surface area contributed by atoms with Crippen molar-refractivity contribution in [3.8, 4) is 0 Å². The number of hydrogen-bond donors (Lipinski definition) is 3. The van der Waals surface area contributed by atoms with Crippen LogP contribution in [0.3, 0.4) is 0 Å². The summed E-state index contributed by atoms with van der Waals surface area (Å²) in [6.07, 6.45) is 2.54. The molecule has 1 unspecified atom stereocenters. The van der Waals surface area contributed by atoms with Crippen molar-refractivity contribution < 1.29 is 9.59 Å². The van der Waals surface area contributed by atoms with E-state index in [1.807, 2.05) is 20.8 Å². The third-order valence-corrected chi connectivity index (χ3v) is 4.36. The summed E-state index contributed by atoms with van der Waals surface area (Å²) in [4.78, 5) is 28.0. The molecule has 0 aromatic carbocycles. The molecule has 1 aliphatic carbocycles. The highest BCUT2D eigenvalue weighted by Crippen LogP contribution is 2.31. The van der Waals surface area contributed by atoms with Gasteiger partial charge in [-0.15, -0.1) is 11.3 Å². The van der Waals surface area contributed by atoms with E-state index in [0.29, 0.717) is 23.3 Å². The van der Waals surface area contributed by atoms with Crippen LogP contribution in [0.25, 0.3) is 0 Å². The number of nitrogens with two attached hydrogens (primary N) is 1. The van der Waals surface area contributed by atoms with Crippen molar-refractivity contribution >= 4 is 28.3 Å². The van der Waals surface area contributed by atoms with Crippen molar-refractivity contribution in [1.29, 1.82) is 0 Å². The van der Waals surface area contributed by atoms with Gasteiger partial charge >= 0.3 is 0 Å². The molecule has 1 aliphatic rings. The van der Waals surface area contributed by atoms with Crippen LogP contribution in [0.4, 0.5) is 5.13 Å². The summed E-state index contributed by atoms with van der Waals surface area (Å²) in [7, 11) is 0. The molecule has 1 saturated carbocycles. The molecule has 2 amide bonds. The number of nitrogens with one attached hydrogen (secondary N) is 2. The lowest BCUT2D eigenvalue weighted by Crippen LogP contribution is -2.39. The summed E-state index contributed by atoms with van der Waals surface area (Å²) >= 11 is 1.33. The fraction of sp³-hybridized carbons (Fsp3) is 0.667. The fourth-order valence-corrected chi connectivity index (χ4v) is 2.59. The zero-order chi connectivity index (χ0) is 16.3. The number of amides is 2. The van der Waals surface area contributed by atoms with E-state index in [-0.39, 0.29) is 24.3 Å². The van der Waals surface area contributed by atoms with Crippen LogP contribution >= 0.6 is 11.3 Å². The molecule has 122 valence electrons. The summed E-state index contributed by atoms with van der Waals surface area (Å²) in [5, 5.41) is 7.92. The van der Waals surface area contributed by atoms with E-state index >= 15 is 0 Å². The molecule has 1 fully saturated rings. The Labute approximate surface area is 134 Å². The van der Waals surface area contributed by atoms with E-state index in [2.05, 4.69) is 15.6 Å². The molecule has 0 bridgehead atoms. The molecule has 0 saturated heterocycles. The lowest BCUT2D eigenvalue weighted by atomic mass is 9.96. The Hall–Kier alpha value is -1.47. The molecule has 0 spiro atoms. The molecule has 7 heteroatoms. The van der Waals surface area contributed by atoms with Crippen LogP contribution in [0.2, 0.25) is 0 Å². The van der Waals surface area contributed by atoms with E-state index in [0.717, 1.165) is 0 Å².